The fraction of sp³-hybridized carbons (Fsp3) is 0.429. The first-order valence-corrected chi connectivity index (χ1v) is 7.24. The second-order valence-corrected chi connectivity index (χ2v) is 6.06. The Bertz CT molecular complexity index is 574. The molecule has 2 aromatic heterocycles. The Balaban J connectivity index is 1.75. The highest BCUT2D eigenvalue weighted by molar-refractivity contribution is 7.12. The highest BCUT2D eigenvalue weighted by Crippen LogP contribution is 2.33. The molecule has 2 aromatic rings. The molecule has 2 heterocycles. The number of aryl methyl sites for hydroxylation is 1. The van der Waals surface area contributed by atoms with Gasteiger partial charge in [-0.3, -0.25) is 4.79 Å². The zero-order valence-corrected chi connectivity index (χ0v) is 11.6. The molecule has 1 aliphatic carbocycles. The Labute approximate surface area is 115 Å². The van der Waals surface area contributed by atoms with Gasteiger partial charge in [0.25, 0.3) is 0 Å². The minimum atomic E-state index is -0.0792. The smallest absolute Gasteiger partial charge is 0.309 e. The monoisotopic (exact) mass is 276 g/mol. The van der Waals surface area contributed by atoms with Gasteiger partial charge < -0.3 is 9.72 Å². The van der Waals surface area contributed by atoms with E-state index in [0.717, 1.165) is 31.5 Å². The highest BCUT2D eigenvalue weighted by atomic mass is 32.1. The first kappa shape index (κ1) is 12.4. The topological polar surface area (TPSA) is 55.0 Å². The average molecular weight is 276 g/mol. The number of aromatic nitrogens is 2. The van der Waals surface area contributed by atoms with Gasteiger partial charge in [0.05, 0.1) is 13.0 Å². The van der Waals surface area contributed by atoms with Gasteiger partial charge in [0.2, 0.25) is 0 Å². The number of ether oxygens (including phenoxy) is 1. The summed E-state index contributed by atoms with van der Waals surface area (Å²) in [4.78, 5) is 21.7. The van der Waals surface area contributed by atoms with Crippen molar-refractivity contribution in [3.8, 4) is 0 Å². The van der Waals surface area contributed by atoms with Crippen LogP contribution in [-0.2, 0) is 28.8 Å². The zero-order valence-electron chi connectivity index (χ0n) is 10.8. The van der Waals surface area contributed by atoms with Crippen LogP contribution in [0, 0.1) is 5.92 Å². The van der Waals surface area contributed by atoms with E-state index < -0.39 is 0 Å². The summed E-state index contributed by atoms with van der Waals surface area (Å²) >= 11 is 1.84. The van der Waals surface area contributed by atoms with Gasteiger partial charge in [-0.1, -0.05) is 0 Å². The van der Waals surface area contributed by atoms with Gasteiger partial charge >= 0.3 is 5.97 Å². The summed E-state index contributed by atoms with van der Waals surface area (Å²) in [6.45, 7) is 0. The van der Waals surface area contributed by atoms with E-state index in [4.69, 9.17) is 4.74 Å². The SMILES string of the molecule is COC(=O)C1CCc2sc(Cc3ncc[nH]3)cc2C1. The summed E-state index contributed by atoms with van der Waals surface area (Å²) < 4.78 is 4.85. The van der Waals surface area contributed by atoms with Gasteiger partial charge in [0.1, 0.15) is 5.82 Å². The maximum absolute atomic E-state index is 11.6. The van der Waals surface area contributed by atoms with Crippen molar-refractivity contribution < 1.29 is 9.53 Å². The number of nitrogens with zero attached hydrogens (tertiary/aromatic N) is 1. The third-order valence-corrected chi connectivity index (χ3v) is 4.80. The molecule has 0 spiro atoms. The highest BCUT2D eigenvalue weighted by Gasteiger charge is 2.26. The van der Waals surface area contributed by atoms with Crippen LogP contribution in [0.1, 0.15) is 27.6 Å². The Morgan fingerprint density at radius 3 is 3.26 bits per heavy atom. The maximum atomic E-state index is 11.6. The lowest BCUT2D eigenvalue weighted by Gasteiger charge is -2.19. The number of carbonyl (C=O) groups is 1. The van der Waals surface area contributed by atoms with E-state index in [-0.39, 0.29) is 11.9 Å². The first-order chi connectivity index (χ1) is 9.26. The summed E-state index contributed by atoms with van der Waals surface area (Å²) in [5.41, 5.74) is 1.31. The fourth-order valence-corrected chi connectivity index (χ4v) is 3.82. The third-order valence-electron chi connectivity index (χ3n) is 3.56. The van der Waals surface area contributed by atoms with E-state index in [1.165, 1.54) is 22.4 Å². The zero-order chi connectivity index (χ0) is 13.2. The number of rotatable bonds is 3. The van der Waals surface area contributed by atoms with Gasteiger partial charge in [-0.25, -0.2) is 4.98 Å². The van der Waals surface area contributed by atoms with Crippen molar-refractivity contribution in [3.63, 3.8) is 0 Å². The van der Waals surface area contributed by atoms with E-state index in [1.807, 2.05) is 17.5 Å². The number of methoxy groups -OCH3 is 1. The number of hydrogen-bond donors (Lipinski definition) is 1. The van der Waals surface area contributed by atoms with Gasteiger partial charge in [0, 0.05) is 28.6 Å². The number of nitrogens with one attached hydrogen (secondary N) is 1. The quantitative estimate of drug-likeness (QED) is 0.875. The number of H-pyrrole nitrogens is 1. The second-order valence-electron chi connectivity index (χ2n) is 4.84. The van der Waals surface area contributed by atoms with Crippen LogP contribution in [0.3, 0.4) is 0 Å². The third kappa shape index (κ3) is 2.56. The molecule has 0 saturated heterocycles. The predicted molar refractivity (Wildman–Crippen MR) is 73.2 cm³/mol. The van der Waals surface area contributed by atoms with Crippen LogP contribution in [-0.4, -0.2) is 23.0 Å². The van der Waals surface area contributed by atoms with E-state index in [1.54, 1.807) is 6.20 Å². The first-order valence-electron chi connectivity index (χ1n) is 6.43. The molecule has 0 amide bonds. The Morgan fingerprint density at radius 1 is 1.63 bits per heavy atom. The summed E-state index contributed by atoms with van der Waals surface area (Å²) in [5.74, 6) is 0.941. The van der Waals surface area contributed by atoms with Crippen LogP contribution in [0.25, 0.3) is 0 Å². The maximum Gasteiger partial charge on any atom is 0.309 e. The molecule has 1 N–H and O–H groups in total. The molecular formula is C14H16N2O2S. The molecule has 1 aliphatic rings. The predicted octanol–water partition coefficient (Wildman–Crippen LogP) is 2.34. The molecule has 0 saturated carbocycles. The minimum Gasteiger partial charge on any atom is -0.469 e. The largest absolute Gasteiger partial charge is 0.469 e. The fourth-order valence-electron chi connectivity index (χ4n) is 2.60. The lowest BCUT2D eigenvalue weighted by atomic mass is 9.88. The van der Waals surface area contributed by atoms with Crippen LogP contribution in [0.2, 0.25) is 0 Å². The molecule has 3 rings (SSSR count). The summed E-state index contributed by atoms with van der Waals surface area (Å²) in [6.07, 6.45) is 7.16. The number of aromatic amines is 1. The Kier molecular flexibility index (Phi) is 3.38. The summed E-state index contributed by atoms with van der Waals surface area (Å²) in [7, 11) is 1.47. The lowest BCUT2D eigenvalue weighted by molar-refractivity contribution is -0.145. The number of thiophene rings is 1. The second kappa shape index (κ2) is 5.17. The summed E-state index contributed by atoms with van der Waals surface area (Å²) in [6, 6.07) is 2.22. The van der Waals surface area contributed by atoms with E-state index in [0.29, 0.717) is 0 Å². The molecule has 0 aromatic carbocycles. The van der Waals surface area contributed by atoms with Gasteiger partial charge in [-0.15, -0.1) is 11.3 Å². The van der Waals surface area contributed by atoms with Crippen LogP contribution >= 0.6 is 11.3 Å². The van der Waals surface area contributed by atoms with E-state index in [9.17, 15) is 4.79 Å². The lowest BCUT2D eigenvalue weighted by Crippen LogP contribution is -2.22. The van der Waals surface area contributed by atoms with Crippen molar-refractivity contribution in [3.05, 3.63) is 39.6 Å². The molecule has 0 fully saturated rings. The molecule has 0 bridgehead atoms. The molecule has 0 aliphatic heterocycles. The average Bonchev–Trinajstić information content (AvgIpc) is 3.05. The number of imidazole rings is 1. The van der Waals surface area contributed by atoms with Crippen LogP contribution in [0.4, 0.5) is 0 Å². The molecular weight excluding hydrogens is 260 g/mol. The van der Waals surface area contributed by atoms with Gasteiger partial charge in [-0.2, -0.15) is 0 Å². The van der Waals surface area contributed by atoms with Crippen molar-refractivity contribution in [1.29, 1.82) is 0 Å². The van der Waals surface area contributed by atoms with Crippen molar-refractivity contribution >= 4 is 17.3 Å². The van der Waals surface area contributed by atoms with Crippen molar-refractivity contribution in [2.24, 2.45) is 5.92 Å². The van der Waals surface area contributed by atoms with E-state index in [2.05, 4.69) is 16.0 Å². The minimum absolute atomic E-state index is 0.0311. The van der Waals surface area contributed by atoms with E-state index >= 15 is 0 Å². The van der Waals surface area contributed by atoms with Crippen LogP contribution in [0.15, 0.2) is 18.5 Å². The van der Waals surface area contributed by atoms with Crippen molar-refractivity contribution in [2.75, 3.05) is 7.11 Å². The number of esters is 1. The molecule has 4 nitrogen and oxygen atoms in total. The number of fused-ring (bicyclic) bond motifs is 1. The van der Waals surface area contributed by atoms with Crippen molar-refractivity contribution in [2.45, 2.75) is 25.7 Å². The van der Waals surface area contributed by atoms with Crippen molar-refractivity contribution in [1.82, 2.24) is 9.97 Å². The molecule has 19 heavy (non-hydrogen) atoms. The standard InChI is InChI=1S/C14H16N2O2S/c1-18-14(17)9-2-3-12-10(6-9)7-11(19-12)8-13-15-4-5-16-13/h4-5,7,9H,2-3,6,8H2,1H3,(H,15,16). The Hall–Kier alpha value is -1.62. The molecule has 1 unspecified atom stereocenters. The summed E-state index contributed by atoms with van der Waals surface area (Å²) in [5, 5.41) is 0. The van der Waals surface area contributed by atoms with Crippen LogP contribution in [0.5, 0.6) is 0 Å². The molecule has 0 radical (unpaired) electrons. The number of hydrogen-bond acceptors (Lipinski definition) is 4. The molecule has 100 valence electrons. The van der Waals surface area contributed by atoms with Crippen LogP contribution < -0.4 is 0 Å². The van der Waals surface area contributed by atoms with Gasteiger partial charge in [0.15, 0.2) is 0 Å². The van der Waals surface area contributed by atoms with Gasteiger partial charge in [-0.05, 0) is 30.9 Å². The normalized spacial score (nSPS) is 18.1. The number of carbonyl (C=O) groups excluding carboxylic acids is 1. The Morgan fingerprint density at radius 2 is 2.53 bits per heavy atom. The molecule has 5 heteroatoms. The molecule has 1 atom stereocenters.